The summed E-state index contributed by atoms with van der Waals surface area (Å²) in [7, 11) is 0. The Balaban J connectivity index is -0.0000000800. The summed E-state index contributed by atoms with van der Waals surface area (Å²) in [5.74, 6) is 0. The van der Waals surface area contributed by atoms with Crippen molar-refractivity contribution in [3.05, 3.63) is 32.4 Å². The van der Waals surface area contributed by atoms with Gasteiger partial charge in [0, 0.05) is 0 Å². The fourth-order valence-electron chi connectivity index (χ4n) is 0.0680. The molecule has 0 amide bonds. The Kier molecular flexibility index (Phi) is 36.3. The van der Waals surface area contributed by atoms with E-state index in [1.165, 1.54) is 0 Å². The Morgan fingerprint density at radius 1 is 1.57 bits per heavy atom. The maximum Gasteiger partial charge on any atom is 2.00 e. The first kappa shape index (κ1) is 15.7. The van der Waals surface area contributed by atoms with Crippen LogP contribution in [0.25, 0.3) is 0 Å². The molecule has 0 bridgehead atoms. The Morgan fingerprint density at radius 2 is 2.00 bits per heavy atom. The predicted molar refractivity (Wildman–Crippen MR) is 28.6 cm³/mol. The fourth-order valence-corrected chi connectivity index (χ4v) is 0.0680. The normalized spacial score (nSPS) is 6.29. The van der Waals surface area contributed by atoms with Crippen molar-refractivity contribution in [2.24, 2.45) is 5.73 Å². The van der Waals surface area contributed by atoms with Gasteiger partial charge in [0.2, 0.25) is 0 Å². The monoisotopic (exact) mass is 321 g/mol. The van der Waals surface area contributed by atoms with Crippen molar-refractivity contribution >= 4 is 0 Å². The van der Waals surface area contributed by atoms with Gasteiger partial charge >= 0.3 is 31.1 Å². The van der Waals surface area contributed by atoms with Crippen LogP contribution in [0.15, 0.2) is 18.7 Å². The number of hydrogen-bond acceptors (Lipinski definition) is 1. The van der Waals surface area contributed by atoms with Crippen LogP contribution in [0.5, 0.6) is 0 Å². The summed E-state index contributed by atoms with van der Waals surface area (Å²) >= 11 is 0. The fraction of sp³-hybridized carbons (Fsp3) is 0. The van der Waals surface area contributed by atoms with Gasteiger partial charge in [-0.3, -0.25) is 0 Å². The van der Waals surface area contributed by atoms with Crippen molar-refractivity contribution in [3.63, 3.8) is 0 Å². The van der Waals surface area contributed by atoms with E-state index in [2.05, 4.69) is 12.8 Å². The molecule has 0 radical (unpaired) electrons. The van der Waals surface area contributed by atoms with Gasteiger partial charge in [0.25, 0.3) is 0 Å². The topological polar surface area (TPSA) is 26.0 Å². The molecule has 0 aromatic heterocycles. The quantitative estimate of drug-likeness (QED) is 0.433. The molecule has 2 N–H and O–H groups in total. The Bertz CT molecular complexity index is 50.0. The van der Waals surface area contributed by atoms with Gasteiger partial charge in [-0.15, -0.1) is 0 Å². The second kappa shape index (κ2) is 16.2. The summed E-state index contributed by atoms with van der Waals surface area (Å²) in [6.07, 6.45) is 5.39. The van der Waals surface area contributed by atoms with Gasteiger partial charge in [-0.2, -0.15) is 12.8 Å². The maximum absolute atomic E-state index is 4.76. The zero-order valence-electron chi connectivity index (χ0n) is 4.44. The zero-order chi connectivity index (χ0) is 4.12. The third-order valence-electron chi connectivity index (χ3n) is 0.214. The van der Waals surface area contributed by atoms with Crippen LogP contribution in [0.3, 0.4) is 0 Å². The number of allylic oxidation sites excluding steroid dienone is 2. The van der Waals surface area contributed by atoms with Gasteiger partial charge in [-0.25, -0.2) is 12.2 Å². The molecule has 1 nitrogen and oxygen atoms in total. The summed E-state index contributed by atoms with van der Waals surface area (Å²) in [6.45, 7) is 3.35. The second-order valence-corrected chi connectivity index (χ2v) is 0.569. The van der Waals surface area contributed by atoms with Gasteiger partial charge in [0.15, 0.2) is 0 Å². The second-order valence-electron chi connectivity index (χ2n) is 0.569. The predicted octanol–water partition coefficient (Wildman–Crippen LogP) is 0.898. The summed E-state index contributed by atoms with van der Waals surface area (Å²) in [5.41, 5.74) is 4.76. The van der Waals surface area contributed by atoms with Crippen molar-refractivity contribution < 1.29 is 31.1 Å². The molecule has 0 rings (SSSR count). The number of rotatable bonds is 1. The van der Waals surface area contributed by atoms with Crippen molar-refractivity contribution in [2.75, 3.05) is 0 Å². The van der Waals surface area contributed by atoms with Gasteiger partial charge in [-0.1, -0.05) is 0 Å². The van der Waals surface area contributed by atoms with Gasteiger partial charge < -0.3 is 13.2 Å². The molecular weight excluding hydrogens is 312 g/mol. The van der Waals surface area contributed by atoms with Crippen LogP contribution in [0.4, 0.5) is 0 Å². The molecule has 0 aromatic rings. The minimum absolute atomic E-state index is 0. The van der Waals surface area contributed by atoms with Crippen molar-refractivity contribution in [2.45, 2.75) is 0 Å². The first-order valence-corrected chi connectivity index (χ1v) is 1.32. The molecule has 2 heteroatoms. The molecule has 0 spiro atoms. The SMILES string of the molecule is C=CC=[C-]N.[CH3-].[U+2]. The van der Waals surface area contributed by atoms with Gasteiger partial charge in [0.05, 0.1) is 0 Å². The summed E-state index contributed by atoms with van der Waals surface area (Å²) in [6, 6.07) is 0. The van der Waals surface area contributed by atoms with E-state index in [1.54, 1.807) is 12.2 Å². The third-order valence-corrected chi connectivity index (χ3v) is 0.214. The summed E-state index contributed by atoms with van der Waals surface area (Å²) in [4.78, 5) is 0. The Morgan fingerprint density at radius 3 is 2.00 bits per heavy atom. The Labute approximate surface area is 69.0 Å². The number of hydrogen-bond donors (Lipinski definition) is 1. The third kappa shape index (κ3) is 21.9. The average molecular weight is 321 g/mol. The van der Waals surface area contributed by atoms with E-state index in [0.717, 1.165) is 0 Å². The molecule has 0 fully saturated rings. The van der Waals surface area contributed by atoms with Crippen LogP contribution in [-0.4, -0.2) is 0 Å². The molecule has 7 heavy (non-hydrogen) atoms. The van der Waals surface area contributed by atoms with Crippen LogP contribution in [0.2, 0.25) is 0 Å². The van der Waals surface area contributed by atoms with E-state index in [-0.39, 0.29) is 38.5 Å². The Hall–Kier alpha value is 0.332. The first-order valence-electron chi connectivity index (χ1n) is 1.32. The molecule has 0 aliphatic heterocycles. The molecule has 0 saturated heterocycles. The van der Waals surface area contributed by atoms with Crippen molar-refractivity contribution in [3.8, 4) is 0 Å². The van der Waals surface area contributed by atoms with Gasteiger partial charge in [0.1, 0.15) is 0 Å². The van der Waals surface area contributed by atoms with Crippen molar-refractivity contribution in [1.82, 2.24) is 0 Å². The van der Waals surface area contributed by atoms with Crippen LogP contribution in [0, 0.1) is 44.7 Å². The molecule has 0 saturated carbocycles. The van der Waals surface area contributed by atoms with E-state index in [9.17, 15) is 0 Å². The van der Waals surface area contributed by atoms with E-state index in [1.807, 2.05) is 0 Å². The first-order chi connectivity index (χ1) is 2.41. The van der Waals surface area contributed by atoms with Gasteiger partial charge in [-0.05, 0) is 0 Å². The molecule has 0 aliphatic rings. The smallest absolute Gasteiger partial charge is 0.490 e. The van der Waals surface area contributed by atoms with Crippen LogP contribution in [-0.2, 0) is 0 Å². The van der Waals surface area contributed by atoms with E-state index in [0.29, 0.717) is 0 Å². The largest absolute Gasteiger partial charge is 2.00 e. The van der Waals surface area contributed by atoms with E-state index < -0.39 is 0 Å². The molecule has 0 aromatic carbocycles. The van der Waals surface area contributed by atoms with E-state index in [4.69, 9.17) is 5.73 Å². The molecule has 38 valence electrons. The maximum atomic E-state index is 4.76. The summed E-state index contributed by atoms with van der Waals surface area (Å²) in [5, 5.41) is 0. The minimum atomic E-state index is 0. The van der Waals surface area contributed by atoms with Crippen molar-refractivity contribution in [1.29, 1.82) is 0 Å². The average Bonchev–Trinajstić information content (AvgIpc) is 1.41. The summed E-state index contributed by atoms with van der Waals surface area (Å²) < 4.78 is 0. The zero-order valence-corrected chi connectivity index (χ0v) is 8.60. The van der Waals surface area contributed by atoms with Crippen LogP contribution in [0.1, 0.15) is 0 Å². The van der Waals surface area contributed by atoms with E-state index >= 15 is 0 Å². The molecule has 0 heterocycles. The standard InChI is InChI=1S/C4H6N.CH3.U/c1-2-3-4-5;;/h2-3H,1,5H2;1H3;/q2*-1;+2. The minimum Gasteiger partial charge on any atom is -0.490 e. The molecule has 0 atom stereocenters. The molecule has 0 aliphatic carbocycles. The van der Waals surface area contributed by atoms with Crippen LogP contribution >= 0.6 is 0 Å². The molecule has 0 unspecified atom stereocenters. The molecular formula is C5H9NU. The van der Waals surface area contributed by atoms with Crippen LogP contribution < -0.4 is 5.73 Å². The number of nitrogens with two attached hydrogens (primary N) is 1.